The predicted octanol–water partition coefficient (Wildman–Crippen LogP) is 25.3. The minimum Gasteiger partial charge on any atom is -0.340 e. The Morgan fingerprint density at radius 1 is 0.238 bits per heavy atom. The molecule has 0 amide bonds. The van der Waals surface area contributed by atoms with Crippen molar-refractivity contribution in [1.29, 1.82) is 0 Å². The quantitative estimate of drug-likeness (QED) is 0.0456. The molecule has 0 unspecified atom stereocenters. The van der Waals surface area contributed by atoms with E-state index < -0.39 is 0 Å². The van der Waals surface area contributed by atoms with Gasteiger partial charge in [0.15, 0.2) is 0 Å². The normalized spacial score (nSPS) is 12.0. The van der Waals surface area contributed by atoms with Crippen molar-refractivity contribution in [1.82, 2.24) is 13.7 Å². The van der Waals surface area contributed by atoms with Crippen molar-refractivity contribution in [2.75, 3.05) is 0 Å². The first-order valence-corrected chi connectivity index (χ1v) is 34.6. The van der Waals surface area contributed by atoms with Crippen LogP contribution >= 0.6 is 34.0 Å². The average molecular weight is 1160 g/mol. The lowest BCUT2D eigenvalue weighted by Gasteiger charge is -2.13. The Morgan fingerprint density at radius 2 is 0.476 bits per heavy atom. The molecule has 13 aromatic rings. The Balaban J connectivity index is 0.970. The van der Waals surface area contributed by atoms with Crippen molar-refractivity contribution in [3.8, 4) is 64.7 Å². The van der Waals surface area contributed by atoms with Gasteiger partial charge in [0.1, 0.15) is 0 Å². The van der Waals surface area contributed by atoms with Crippen LogP contribution in [-0.2, 0) is 19.6 Å². The van der Waals surface area contributed by atoms with Gasteiger partial charge in [-0.3, -0.25) is 0 Å². The van der Waals surface area contributed by atoms with Crippen LogP contribution in [0.25, 0.3) is 130 Å². The minimum absolute atomic E-state index is 1.03. The molecule has 7 aromatic carbocycles. The zero-order chi connectivity index (χ0) is 56.8. The van der Waals surface area contributed by atoms with E-state index in [2.05, 4.69) is 214 Å². The number of rotatable bonds is 27. The number of benzene rings is 7. The Morgan fingerprint density at radius 3 is 0.726 bits per heavy atom. The van der Waals surface area contributed by atoms with Crippen LogP contribution in [0, 0.1) is 0 Å². The second-order valence-electron chi connectivity index (χ2n) is 23.9. The van der Waals surface area contributed by atoms with Gasteiger partial charge in [-0.15, -0.1) is 34.0 Å². The Bertz CT molecular complexity index is 3880. The Labute approximate surface area is 510 Å². The molecule has 13 rings (SSSR count). The van der Waals surface area contributed by atoms with Crippen LogP contribution in [-0.4, -0.2) is 13.7 Å². The number of aryl methyl sites for hydroxylation is 3. The monoisotopic (exact) mass is 1160 g/mol. The highest BCUT2D eigenvalue weighted by atomic mass is 32.1. The third kappa shape index (κ3) is 11.6. The molecule has 3 nitrogen and oxygen atoms in total. The van der Waals surface area contributed by atoms with E-state index in [-0.39, 0.29) is 0 Å². The largest absolute Gasteiger partial charge is 0.340 e. The summed E-state index contributed by atoms with van der Waals surface area (Å²) in [6, 6.07) is 64.5. The summed E-state index contributed by atoms with van der Waals surface area (Å²) in [5.41, 5.74) is 19.4. The lowest BCUT2D eigenvalue weighted by Crippen LogP contribution is -1.98. The molecule has 0 N–H and O–H groups in total. The summed E-state index contributed by atoms with van der Waals surface area (Å²) in [5.74, 6) is 0. The van der Waals surface area contributed by atoms with Crippen molar-refractivity contribution in [2.45, 2.75) is 156 Å². The van der Waals surface area contributed by atoms with Crippen LogP contribution in [0.1, 0.15) is 136 Å². The molecule has 0 saturated carbocycles. The molecule has 6 aromatic heterocycles. The van der Waals surface area contributed by atoms with Crippen molar-refractivity contribution in [2.24, 2.45) is 0 Å². The van der Waals surface area contributed by atoms with E-state index >= 15 is 0 Å². The van der Waals surface area contributed by atoms with Gasteiger partial charge in [0.05, 0.1) is 0 Å². The first-order chi connectivity index (χ1) is 41.5. The number of hydrogen-bond donors (Lipinski definition) is 0. The van der Waals surface area contributed by atoms with Crippen LogP contribution in [0.2, 0.25) is 0 Å². The predicted molar refractivity (Wildman–Crippen MR) is 372 cm³/mol. The lowest BCUT2D eigenvalue weighted by atomic mass is 9.91. The number of fused-ring (bicyclic) bond motifs is 9. The fraction of sp³-hybridized carbons (Fsp3) is 0.308. The van der Waals surface area contributed by atoms with Gasteiger partial charge in [-0.2, -0.15) is 0 Å². The van der Waals surface area contributed by atoms with E-state index in [1.54, 1.807) is 0 Å². The molecular formula is C78H81N3S3. The summed E-state index contributed by atoms with van der Waals surface area (Å²) in [6.07, 6.45) is 23.1. The Kier molecular flexibility index (Phi) is 17.5. The topological polar surface area (TPSA) is 14.8 Å². The summed E-state index contributed by atoms with van der Waals surface area (Å²) < 4.78 is 7.87. The third-order valence-electron chi connectivity index (χ3n) is 18.2. The first-order valence-electron chi connectivity index (χ1n) is 32.0. The molecular weight excluding hydrogens is 1080 g/mol. The fourth-order valence-corrected chi connectivity index (χ4v) is 15.8. The zero-order valence-electron chi connectivity index (χ0n) is 49.7. The molecule has 84 heavy (non-hydrogen) atoms. The third-order valence-corrected chi connectivity index (χ3v) is 20.9. The maximum atomic E-state index is 2.62. The summed E-state index contributed by atoms with van der Waals surface area (Å²) in [5, 5.41) is 14.6. The molecule has 0 bridgehead atoms. The SMILES string of the molecule is CCCCCCCCn1c2ccc(-c3cc(-c4ccc5c(c4)c4cc(-c6cccs6)ccc4n5CCCCCCCC)cc(-c4ccc5c(c4)c4cc(-c6cccs6)ccc4n5CCCCCCCC)c3)cc2c2cc(-c3cccs3)ccc21. The zero-order valence-corrected chi connectivity index (χ0v) is 52.2. The molecule has 0 fully saturated rings. The van der Waals surface area contributed by atoms with Gasteiger partial charge in [-0.1, -0.05) is 172 Å². The number of unbranched alkanes of at least 4 members (excludes halogenated alkanes) is 15. The molecule has 0 spiro atoms. The molecule has 6 heterocycles. The first kappa shape index (κ1) is 56.2. The second kappa shape index (κ2) is 26.1. The average Bonchev–Trinajstić information content (AvgIpc) is 3.10. The standard InChI is InChI=1S/C78H81N3S3/c1-4-7-10-13-16-19-40-79-70-34-28-55(49-64(70)67-52-58(31-37-73(67)79)76-25-22-43-82-76)61-46-62(56-29-35-71-65(50-56)68-53-59(77-26-23-44-83-77)32-38-74(68)80(71)41-20-17-14-11-8-5-2)48-63(47-61)57-30-36-72-66(51-57)69-54-60(78-27-24-45-84-78)33-39-75(69)81(72)42-21-18-15-12-9-6-3/h22-39,43-54H,4-21,40-42H2,1-3H3. The van der Waals surface area contributed by atoms with Crippen LogP contribution in [0.4, 0.5) is 0 Å². The van der Waals surface area contributed by atoms with Gasteiger partial charge < -0.3 is 13.7 Å². The molecule has 0 atom stereocenters. The maximum Gasteiger partial charge on any atom is 0.0491 e. The van der Waals surface area contributed by atoms with Crippen molar-refractivity contribution in [3.05, 3.63) is 180 Å². The van der Waals surface area contributed by atoms with Crippen LogP contribution in [0.5, 0.6) is 0 Å². The fourth-order valence-electron chi connectivity index (χ4n) is 13.6. The number of nitrogens with zero attached hydrogens (tertiary/aromatic N) is 3. The number of thiophene rings is 3. The number of hydrogen-bond acceptors (Lipinski definition) is 3. The highest BCUT2D eigenvalue weighted by Gasteiger charge is 2.20. The van der Waals surface area contributed by atoms with E-state index in [9.17, 15) is 0 Å². The van der Waals surface area contributed by atoms with E-state index in [1.165, 1.54) is 246 Å². The van der Waals surface area contributed by atoms with E-state index in [0.717, 1.165) is 19.6 Å². The summed E-state index contributed by atoms with van der Waals surface area (Å²) >= 11 is 5.48. The highest BCUT2D eigenvalue weighted by Crippen LogP contribution is 2.43. The molecule has 426 valence electrons. The second-order valence-corrected chi connectivity index (χ2v) is 26.7. The van der Waals surface area contributed by atoms with Crippen molar-refractivity contribution >= 4 is 99.4 Å². The molecule has 6 heteroatoms. The summed E-state index contributed by atoms with van der Waals surface area (Å²) in [7, 11) is 0. The molecule has 0 radical (unpaired) electrons. The van der Waals surface area contributed by atoms with Crippen LogP contribution in [0.3, 0.4) is 0 Å². The lowest BCUT2D eigenvalue weighted by molar-refractivity contribution is 0.571. The van der Waals surface area contributed by atoms with E-state index in [4.69, 9.17) is 0 Å². The van der Waals surface area contributed by atoms with E-state index in [0.29, 0.717) is 0 Å². The molecule has 0 aliphatic rings. The van der Waals surface area contributed by atoms with Crippen molar-refractivity contribution < 1.29 is 0 Å². The van der Waals surface area contributed by atoms with Gasteiger partial charge in [-0.05, 0) is 195 Å². The smallest absolute Gasteiger partial charge is 0.0491 e. The van der Waals surface area contributed by atoms with E-state index in [1.807, 2.05) is 34.0 Å². The van der Waals surface area contributed by atoms with Gasteiger partial charge in [0, 0.05) is 99.7 Å². The molecule has 0 saturated heterocycles. The number of aromatic nitrogens is 3. The highest BCUT2D eigenvalue weighted by molar-refractivity contribution is 7.14. The van der Waals surface area contributed by atoms with Gasteiger partial charge in [0.25, 0.3) is 0 Å². The molecule has 0 aliphatic carbocycles. The molecule has 0 aliphatic heterocycles. The van der Waals surface area contributed by atoms with Gasteiger partial charge >= 0.3 is 0 Å². The van der Waals surface area contributed by atoms with Gasteiger partial charge in [0.2, 0.25) is 0 Å². The summed E-state index contributed by atoms with van der Waals surface area (Å²) in [4.78, 5) is 3.95. The maximum absolute atomic E-state index is 2.62. The summed E-state index contributed by atoms with van der Waals surface area (Å²) in [6.45, 7) is 10.0. The van der Waals surface area contributed by atoms with Crippen LogP contribution < -0.4 is 0 Å². The minimum atomic E-state index is 1.03. The van der Waals surface area contributed by atoms with Crippen LogP contribution in [0.15, 0.2) is 180 Å². The Hall–Kier alpha value is -6.96. The van der Waals surface area contributed by atoms with Crippen molar-refractivity contribution in [3.63, 3.8) is 0 Å². The van der Waals surface area contributed by atoms with Gasteiger partial charge in [-0.25, -0.2) is 0 Å².